The standard InChI is InChI=1S/C17H26N4O3/c22-15-5-7-21(6-4-14(15)20-8-10-24-11-9-20)17(23)16-12-2-1-3-13(12)18-19-16/h14-15,22H,1-11H2,(H,18,19)/t14-,15-/m0/s1. The van der Waals surface area contributed by atoms with Crippen LogP contribution in [0.3, 0.4) is 0 Å². The Bertz CT molecular complexity index is 597. The molecule has 3 heterocycles. The number of amides is 1. The van der Waals surface area contributed by atoms with E-state index in [0.29, 0.717) is 25.2 Å². The Morgan fingerprint density at radius 1 is 1.17 bits per heavy atom. The zero-order valence-corrected chi connectivity index (χ0v) is 14.0. The van der Waals surface area contributed by atoms with Gasteiger partial charge in [0.1, 0.15) is 0 Å². The molecule has 2 saturated heterocycles. The smallest absolute Gasteiger partial charge is 0.274 e. The molecule has 7 nitrogen and oxygen atoms in total. The van der Waals surface area contributed by atoms with E-state index in [0.717, 1.165) is 63.2 Å². The number of nitrogens with one attached hydrogen (secondary N) is 1. The van der Waals surface area contributed by atoms with Crippen molar-refractivity contribution in [2.75, 3.05) is 39.4 Å². The molecule has 2 N–H and O–H groups in total. The second-order valence-corrected chi connectivity index (χ2v) is 7.04. The SMILES string of the molecule is O=C(c1n[nH]c2c1CCC2)N1CC[C@H](O)[C@@H](N2CCOCC2)CC1. The van der Waals surface area contributed by atoms with Gasteiger partial charge in [-0.25, -0.2) is 0 Å². The van der Waals surface area contributed by atoms with E-state index in [4.69, 9.17) is 4.74 Å². The van der Waals surface area contributed by atoms with Crippen LogP contribution >= 0.6 is 0 Å². The van der Waals surface area contributed by atoms with Gasteiger partial charge in [0.2, 0.25) is 0 Å². The Labute approximate surface area is 142 Å². The molecule has 1 aromatic heterocycles. The Morgan fingerprint density at radius 2 is 1.96 bits per heavy atom. The Hall–Kier alpha value is -1.44. The number of aliphatic hydroxyl groups excluding tert-OH is 1. The molecule has 1 aromatic rings. The van der Waals surface area contributed by atoms with Crippen LogP contribution in [-0.2, 0) is 17.6 Å². The van der Waals surface area contributed by atoms with E-state index in [1.54, 1.807) is 0 Å². The third kappa shape index (κ3) is 2.96. The van der Waals surface area contributed by atoms with Gasteiger partial charge < -0.3 is 14.7 Å². The number of rotatable bonds is 2. The molecule has 0 unspecified atom stereocenters. The highest BCUT2D eigenvalue weighted by atomic mass is 16.5. The largest absolute Gasteiger partial charge is 0.391 e. The van der Waals surface area contributed by atoms with Crippen LogP contribution in [0.4, 0.5) is 0 Å². The first-order chi connectivity index (χ1) is 11.7. The van der Waals surface area contributed by atoms with Crippen molar-refractivity contribution in [1.29, 1.82) is 0 Å². The predicted molar refractivity (Wildman–Crippen MR) is 87.9 cm³/mol. The van der Waals surface area contributed by atoms with E-state index in [1.807, 2.05) is 4.90 Å². The molecule has 0 aromatic carbocycles. The summed E-state index contributed by atoms with van der Waals surface area (Å²) >= 11 is 0. The Balaban J connectivity index is 1.44. The molecule has 4 rings (SSSR count). The van der Waals surface area contributed by atoms with Crippen LogP contribution in [0.1, 0.15) is 41.0 Å². The zero-order valence-electron chi connectivity index (χ0n) is 14.0. The van der Waals surface area contributed by atoms with E-state index in [2.05, 4.69) is 15.1 Å². The third-order valence-electron chi connectivity index (χ3n) is 5.64. The van der Waals surface area contributed by atoms with Gasteiger partial charge >= 0.3 is 0 Å². The minimum Gasteiger partial charge on any atom is -0.391 e. The quantitative estimate of drug-likeness (QED) is 0.807. The number of hydrogen-bond acceptors (Lipinski definition) is 5. The second kappa shape index (κ2) is 6.82. The average Bonchev–Trinajstić information content (AvgIpc) is 3.16. The summed E-state index contributed by atoms with van der Waals surface area (Å²) in [4.78, 5) is 17.1. The van der Waals surface area contributed by atoms with Crippen molar-refractivity contribution in [2.45, 2.75) is 44.2 Å². The lowest BCUT2D eigenvalue weighted by Gasteiger charge is -2.36. The lowest BCUT2D eigenvalue weighted by atomic mass is 10.0. The molecule has 24 heavy (non-hydrogen) atoms. The van der Waals surface area contributed by atoms with Crippen LogP contribution in [0.25, 0.3) is 0 Å². The lowest BCUT2D eigenvalue weighted by Crippen LogP contribution is -2.49. The minimum atomic E-state index is -0.384. The molecule has 2 aliphatic heterocycles. The molecule has 0 bridgehead atoms. The summed E-state index contributed by atoms with van der Waals surface area (Å²) in [5.74, 6) is 0.0178. The maximum Gasteiger partial charge on any atom is 0.274 e. The number of fused-ring (bicyclic) bond motifs is 1. The highest BCUT2D eigenvalue weighted by Crippen LogP contribution is 2.25. The zero-order chi connectivity index (χ0) is 16.5. The number of morpholine rings is 1. The van der Waals surface area contributed by atoms with Gasteiger partial charge in [-0.15, -0.1) is 0 Å². The van der Waals surface area contributed by atoms with Crippen LogP contribution in [0.15, 0.2) is 0 Å². The van der Waals surface area contributed by atoms with E-state index in [9.17, 15) is 9.90 Å². The van der Waals surface area contributed by atoms with Crippen molar-refractivity contribution in [3.63, 3.8) is 0 Å². The number of H-pyrrole nitrogens is 1. The number of carbonyl (C=O) groups excluding carboxylic acids is 1. The third-order valence-corrected chi connectivity index (χ3v) is 5.64. The summed E-state index contributed by atoms with van der Waals surface area (Å²) in [6, 6.07) is 0.122. The van der Waals surface area contributed by atoms with Crippen molar-refractivity contribution < 1.29 is 14.6 Å². The number of ether oxygens (including phenoxy) is 1. The lowest BCUT2D eigenvalue weighted by molar-refractivity contribution is -0.0222. The van der Waals surface area contributed by atoms with E-state index >= 15 is 0 Å². The molecule has 1 aliphatic carbocycles. The van der Waals surface area contributed by atoms with E-state index in [1.165, 1.54) is 0 Å². The van der Waals surface area contributed by atoms with Crippen molar-refractivity contribution in [2.24, 2.45) is 0 Å². The van der Waals surface area contributed by atoms with Crippen molar-refractivity contribution >= 4 is 5.91 Å². The maximum atomic E-state index is 12.9. The van der Waals surface area contributed by atoms with Crippen LogP contribution in [0.5, 0.6) is 0 Å². The first kappa shape index (κ1) is 16.1. The monoisotopic (exact) mass is 334 g/mol. The molecule has 132 valence electrons. The Morgan fingerprint density at radius 3 is 2.79 bits per heavy atom. The van der Waals surface area contributed by atoms with Gasteiger partial charge in [0.25, 0.3) is 5.91 Å². The molecule has 0 radical (unpaired) electrons. The fourth-order valence-electron chi connectivity index (χ4n) is 4.26. The highest BCUT2D eigenvalue weighted by molar-refractivity contribution is 5.94. The molecule has 7 heteroatoms. The first-order valence-electron chi connectivity index (χ1n) is 9.09. The van der Waals surface area contributed by atoms with Gasteiger partial charge in [-0.3, -0.25) is 14.8 Å². The molecule has 3 aliphatic rings. The number of hydrogen-bond donors (Lipinski definition) is 2. The molecular weight excluding hydrogens is 308 g/mol. The molecule has 2 fully saturated rings. The van der Waals surface area contributed by atoms with Gasteiger partial charge in [-0.05, 0) is 32.1 Å². The summed E-state index contributed by atoms with van der Waals surface area (Å²) < 4.78 is 5.41. The van der Waals surface area contributed by atoms with Crippen molar-refractivity contribution in [3.05, 3.63) is 17.0 Å². The predicted octanol–water partition coefficient (Wildman–Crippen LogP) is 0.196. The van der Waals surface area contributed by atoms with Crippen molar-refractivity contribution in [1.82, 2.24) is 20.0 Å². The van der Waals surface area contributed by atoms with Gasteiger partial charge in [-0.1, -0.05) is 0 Å². The average molecular weight is 334 g/mol. The normalized spacial score (nSPS) is 28.6. The summed E-state index contributed by atoms with van der Waals surface area (Å²) in [7, 11) is 0. The first-order valence-corrected chi connectivity index (χ1v) is 9.09. The fourth-order valence-corrected chi connectivity index (χ4v) is 4.26. The Kier molecular flexibility index (Phi) is 4.56. The van der Waals surface area contributed by atoms with Crippen LogP contribution in [0.2, 0.25) is 0 Å². The number of nitrogens with zero attached hydrogens (tertiary/aromatic N) is 3. The van der Waals surface area contributed by atoms with Crippen LogP contribution < -0.4 is 0 Å². The van der Waals surface area contributed by atoms with Gasteiger partial charge in [0.05, 0.1) is 19.3 Å². The fraction of sp³-hybridized carbons (Fsp3) is 0.765. The summed E-state index contributed by atoms with van der Waals surface area (Å²) in [6.07, 6.45) is 4.08. The summed E-state index contributed by atoms with van der Waals surface area (Å²) in [5.41, 5.74) is 2.83. The number of aromatic amines is 1. The minimum absolute atomic E-state index is 0.0178. The molecular formula is C17H26N4O3. The van der Waals surface area contributed by atoms with Crippen LogP contribution in [0, 0.1) is 0 Å². The topological polar surface area (TPSA) is 81.7 Å². The number of aromatic nitrogens is 2. The van der Waals surface area contributed by atoms with Gasteiger partial charge in [0.15, 0.2) is 5.69 Å². The number of likely N-dealkylation sites (tertiary alicyclic amines) is 1. The maximum absolute atomic E-state index is 12.9. The highest BCUT2D eigenvalue weighted by Gasteiger charge is 2.33. The second-order valence-electron chi connectivity index (χ2n) is 7.04. The molecule has 2 atom stereocenters. The van der Waals surface area contributed by atoms with Gasteiger partial charge in [-0.2, -0.15) is 5.10 Å². The summed E-state index contributed by atoms with van der Waals surface area (Å²) in [6.45, 7) is 4.46. The van der Waals surface area contributed by atoms with Crippen LogP contribution in [-0.4, -0.2) is 82.5 Å². The van der Waals surface area contributed by atoms with Gasteiger partial charge in [0, 0.05) is 43.5 Å². The number of carbonyl (C=O) groups is 1. The number of aliphatic hydroxyl groups is 1. The molecule has 1 amide bonds. The molecule has 0 saturated carbocycles. The number of aryl methyl sites for hydroxylation is 1. The van der Waals surface area contributed by atoms with Crippen molar-refractivity contribution in [3.8, 4) is 0 Å². The summed E-state index contributed by atoms with van der Waals surface area (Å²) in [5, 5.41) is 17.8. The van der Waals surface area contributed by atoms with E-state index in [-0.39, 0.29) is 18.1 Å². The molecule has 0 spiro atoms. The van der Waals surface area contributed by atoms with E-state index < -0.39 is 0 Å².